The zero-order valence-corrected chi connectivity index (χ0v) is 15.7. The Kier molecular flexibility index (Phi) is 6.15. The van der Waals surface area contributed by atoms with Gasteiger partial charge in [0.05, 0.1) is 16.8 Å². The fourth-order valence-corrected chi connectivity index (χ4v) is 3.53. The fourth-order valence-electron chi connectivity index (χ4n) is 2.46. The first-order chi connectivity index (χ1) is 13.5. The third-order valence-corrected chi connectivity index (χ3v) is 4.69. The summed E-state index contributed by atoms with van der Waals surface area (Å²) in [5.41, 5.74) is 0.543. The minimum Gasteiger partial charge on any atom is -0.481 e. The molecule has 9 heteroatoms. The monoisotopic (exact) mass is 406 g/mol. The number of hydrogen-bond donors (Lipinski definition) is 0. The second kappa shape index (κ2) is 8.75. The average molecular weight is 406 g/mol. The van der Waals surface area contributed by atoms with Crippen molar-refractivity contribution in [3.63, 3.8) is 0 Å². The highest BCUT2D eigenvalue weighted by Gasteiger charge is 2.13. The molecule has 0 bridgehead atoms. The maximum Gasteiger partial charge on any atom is 0.326 e. The molecule has 0 aliphatic carbocycles. The number of carbonyl (C=O) groups is 2. The van der Waals surface area contributed by atoms with Gasteiger partial charge in [0.1, 0.15) is 12.4 Å². The molecular formula is C19H16F2N2O4S. The smallest absolute Gasteiger partial charge is 0.326 e. The number of amides is 1. The summed E-state index contributed by atoms with van der Waals surface area (Å²) in [7, 11) is 0. The molecule has 0 fully saturated rings. The van der Waals surface area contributed by atoms with Crippen molar-refractivity contribution in [1.29, 1.82) is 0 Å². The molecule has 6 nitrogen and oxygen atoms in total. The zero-order valence-electron chi connectivity index (χ0n) is 14.9. The van der Waals surface area contributed by atoms with Crippen molar-refractivity contribution in [2.75, 3.05) is 13.2 Å². The van der Waals surface area contributed by atoms with Gasteiger partial charge in [-0.3, -0.25) is 9.59 Å². The van der Waals surface area contributed by atoms with E-state index in [-0.39, 0.29) is 23.7 Å². The molecule has 28 heavy (non-hydrogen) atoms. The number of ether oxygens (including phenoxy) is 2. The SMILES string of the molecule is CCOC(=O)Cn1c(=NC(=O)COc2ccccc2F)sc2cc(F)ccc21. The maximum absolute atomic E-state index is 13.6. The van der Waals surface area contributed by atoms with Crippen LogP contribution in [-0.4, -0.2) is 29.7 Å². The van der Waals surface area contributed by atoms with E-state index in [1.165, 1.54) is 41.0 Å². The van der Waals surface area contributed by atoms with Crippen molar-refractivity contribution in [3.05, 3.63) is 58.9 Å². The Morgan fingerprint density at radius 3 is 2.71 bits per heavy atom. The van der Waals surface area contributed by atoms with E-state index < -0.39 is 30.1 Å². The molecule has 3 aromatic rings. The van der Waals surface area contributed by atoms with E-state index in [0.717, 1.165) is 11.3 Å². The van der Waals surface area contributed by atoms with Gasteiger partial charge in [-0.2, -0.15) is 4.99 Å². The first-order valence-electron chi connectivity index (χ1n) is 8.37. The van der Waals surface area contributed by atoms with Crippen LogP contribution >= 0.6 is 11.3 Å². The maximum atomic E-state index is 13.6. The molecule has 0 spiro atoms. The first kappa shape index (κ1) is 19.7. The van der Waals surface area contributed by atoms with Gasteiger partial charge in [0, 0.05) is 0 Å². The molecule has 0 atom stereocenters. The van der Waals surface area contributed by atoms with Crippen molar-refractivity contribution in [1.82, 2.24) is 4.57 Å². The predicted octanol–water partition coefficient (Wildman–Crippen LogP) is 3.05. The number of hydrogen-bond acceptors (Lipinski definition) is 5. The predicted molar refractivity (Wildman–Crippen MR) is 98.9 cm³/mol. The number of carbonyl (C=O) groups excluding carboxylic acids is 2. The van der Waals surface area contributed by atoms with Gasteiger partial charge in [0.15, 0.2) is 23.0 Å². The Balaban J connectivity index is 1.90. The van der Waals surface area contributed by atoms with E-state index in [4.69, 9.17) is 9.47 Å². The van der Waals surface area contributed by atoms with Crippen LogP contribution in [0.4, 0.5) is 8.78 Å². The molecule has 0 aliphatic heterocycles. The van der Waals surface area contributed by atoms with E-state index in [9.17, 15) is 18.4 Å². The lowest BCUT2D eigenvalue weighted by molar-refractivity contribution is -0.143. The lowest BCUT2D eigenvalue weighted by atomic mass is 10.3. The summed E-state index contributed by atoms with van der Waals surface area (Å²) in [5, 5.41) is 0. The van der Waals surface area contributed by atoms with Gasteiger partial charge in [-0.05, 0) is 37.3 Å². The fraction of sp³-hybridized carbons (Fsp3) is 0.211. The summed E-state index contributed by atoms with van der Waals surface area (Å²) in [6.45, 7) is 1.22. The minimum atomic E-state index is -0.673. The highest BCUT2D eigenvalue weighted by atomic mass is 32.1. The van der Waals surface area contributed by atoms with Crippen LogP contribution in [0.25, 0.3) is 10.2 Å². The molecule has 0 N–H and O–H groups in total. The topological polar surface area (TPSA) is 69.9 Å². The van der Waals surface area contributed by atoms with E-state index >= 15 is 0 Å². The second-order valence-electron chi connectivity index (χ2n) is 5.61. The molecule has 146 valence electrons. The van der Waals surface area contributed by atoms with Gasteiger partial charge >= 0.3 is 5.97 Å². The first-order valence-corrected chi connectivity index (χ1v) is 9.19. The van der Waals surface area contributed by atoms with Crippen LogP contribution in [0.2, 0.25) is 0 Å². The van der Waals surface area contributed by atoms with Crippen LogP contribution in [-0.2, 0) is 20.9 Å². The average Bonchev–Trinajstić information content (AvgIpc) is 2.97. The summed E-state index contributed by atoms with van der Waals surface area (Å²) >= 11 is 1.05. The summed E-state index contributed by atoms with van der Waals surface area (Å²) in [5.74, 6) is -2.29. The quantitative estimate of drug-likeness (QED) is 0.590. The number of benzene rings is 2. The molecular weight excluding hydrogens is 390 g/mol. The van der Waals surface area contributed by atoms with Crippen molar-refractivity contribution in [2.45, 2.75) is 13.5 Å². The molecule has 0 aliphatic rings. The molecule has 1 aromatic heterocycles. The van der Waals surface area contributed by atoms with E-state index in [1.54, 1.807) is 13.0 Å². The summed E-state index contributed by atoms with van der Waals surface area (Å²) < 4.78 is 39.2. The van der Waals surface area contributed by atoms with Crippen LogP contribution in [0.5, 0.6) is 5.75 Å². The molecule has 3 rings (SSSR count). The van der Waals surface area contributed by atoms with Crippen LogP contribution < -0.4 is 9.54 Å². The molecule has 1 amide bonds. The third kappa shape index (κ3) is 4.61. The Morgan fingerprint density at radius 2 is 1.96 bits per heavy atom. The van der Waals surface area contributed by atoms with Gasteiger partial charge in [-0.1, -0.05) is 23.5 Å². The van der Waals surface area contributed by atoms with Gasteiger partial charge in [-0.25, -0.2) is 8.78 Å². The van der Waals surface area contributed by atoms with Crippen LogP contribution in [0.1, 0.15) is 6.92 Å². The van der Waals surface area contributed by atoms with Crippen LogP contribution in [0.15, 0.2) is 47.5 Å². The standard InChI is InChI=1S/C19H16F2N2O4S/c1-2-26-18(25)10-23-14-8-7-12(20)9-16(14)28-19(23)22-17(24)11-27-15-6-4-3-5-13(15)21/h3-9H,2,10-11H2,1H3. The van der Waals surface area contributed by atoms with Crippen LogP contribution in [0, 0.1) is 11.6 Å². The van der Waals surface area contributed by atoms with Crippen molar-refractivity contribution in [3.8, 4) is 5.75 Å². The summed E-state index contributed by atoms with van der Waals surface area (Å²) in [6, 6.07) is 9.73. The Morgan fingerprint density at radius 1 is 1.18 bits per heavy atom. The number of nitrogens with zero attached hydrogens (tertiary/aromatic N) is 2. The van der Waals surface area contributed by atoms with Gasteiger partial charge in [-0.15, -0.1) is 0 Å². The number of halogens is 2. The number of thiazole rings is 1. The number of para-hydroxylation sites is 1. The third-order valence-electron chi connectivity index (χ3n) is 3.65. The highest BCUT2D eigenvalue weighted by Crippen LogP contribution is 2.19. The lowest BCUT2D eigenvalue weighted by Gasteiger charge is -2.05. The Hall–Kier alpha value is -3.07. The Bertz CT molecular complexity index is 1090. The molecule has 0 radical (unpaired) electrons. The van der Waals surface area contributed by atoms with Crippen molar-refractivity contribution < 1.29 is 27.8 Å². The second-order valence-corrected chi connectivity index (χ2v) is 6.62. The van der Waals surface area contributed by atoms with E-state index in [2.05, 4.69) is 4.99 Å². The van der Waals surface area contributed by atoms with E-state index in [1.807, 2.05) is 0 Å². The van der Waals surface area contributed by atoms with E-state index in [0.29, 0.717) is 10.2 Å². The Labute approximate surface area is 162 Å². The summed E-state index contributed by atoms with van der Waals surface area (Å²) in [4.78, 5) is 28.2. The molecule has 0 unspecified atom stereocenters. The van der Waals surface area contributed by atoms with Crippen LogP contribution in [0.3, 0.4) is 0 Å². The van der Waals surface area contributed by atoms with Crippen molar-refractivity contribution >= 4 is 33.4 Å². The molecule has 2 aromatic carbocycles. The summed E-state index contributed by atoms with van der Waals surface area (Å²) in [6.07, 6.45) is 0. The zero-order chi connectivity index (χ0) is 20.1. The number of aromatic nitrogens is 1. The minimum absolute atomic E-state index is 0.0659. The van der Waals surface area contributed by atoms with Gasteiger partial charge in [0.25, 0.3) is 5.91 Å². The normalized spacial score (nSPS) is 11.6. The number of esters is 1. The molecule has 0 saturated carbocycles. The largest absolute Gasteiger partial charge is 0.481 e. The van der Waals surface area contributed by atoms with Gasteiger partial charge in [0.2, 0.25) is 0 Å². The lowest BCUT2D eigenvalue weighted by Crippen LogP contribution is -2.24. The molecule has 0 saturated heterocycles. The van der Waals surface area contributed by atoms with Gasteiger partial charge < -0.3 is 14.0 Å². The molecule has 1 heterocycles. The highest BCUT2D eigenvalue weighted by molar-refractivity contribution is 7.16. The van der Waals surface area contributed by atoms with Crippen molar-refractivity contribution in [2.24, 2.45) is 4.99 Å². The number of fused-ring (bicyclic) bond motifs is 1. The number of rotatable bonds is 6.